The van der Waals surface area contributed by atoms with Crippen molar-refractivity contribution in [3.05, 3.63) is 59.7 Å². The molecule has 1 saturated heterocycles. The number of carbonyl (C=O) groups is 1. The highest BCUT2D eigenvalue weighted by atomic mass is 32.3. The van der Waals surface area contributed by atoms with Crippen molar-refractivity contribution in [2.75, 3.05) is 35.0 Å². The molecule has 2 bridgehead atoms. The van der Waals surface area contributed by atoms with Gasteiger partial charge in [-0.1, -0.05) is 30.3 Å². The topological polar surface area (TPSA) is 117 Å². The SMILES string of the molecule is CCNc1cc(C(=O)N[C@@H](Cc2ccccc2)[C@H](O)CNC23CCC(CC2)CC3)cc(N2CCCCS2(O)O)c1. The Hall–Kier alpha value is -2.30. The van der Waals surface area contributed by atoms with Crippen molar-refractivity contribution >= 4 is 28.1 Å². The molecule has 9 heteroatoms. The lowest BCUT2D eigenvalue weighted by Crippen LogP contribution is -2.56. The van der Waals surface area contributed by atoms with E-state index in [-0.39, 0.29) is 11.4 Å². The lowest BCUT2D eigenvalue weighted by Gasteiger charge is -2.47. The highest BCUT2D eigenvalue weighted by molar-refractivity contribution is 8.25. The van der Waals surface area contributed by atoms with Crippen LogP contribution in [0, 0.1) is 5.92 Å². The molecule has 0 radical (unpaired) electrons. The van der Waals surface area contributed by atoms with Gasteiger partial charge in [-0.15, -0.1) is 10.8 Å². The molecule has 2 aromatic rings. The molecule has 6 rings (SSSR count). The molecule has 0 unspecified atom stereocenters. The molecular weight excluding hydrogens is 524 g/mol. The molecule has 0 spiro atoms. The quantitative estimate of drug-likeness (QED) is 0.214. The molecule has 4 fully saturated rings. The van der Waals surface area contributed by atoms with E-state index in [0.717, 1.165) is 49.3 Å². The lowest BCUT2D eigenvalue weighted by molar-refractivity contribution is 0.0645. The summed E-state index contributed by atoms with van der Waals surface area (Å²) in [5.74, 6) is 0.918. The molecule has 0 aromatic heterocycles. The molecule has 1 heterocycles. The molecule has 2 aromatic carbocycles. The molecule has 220 valence electrons. The van der Waals surface area contributed by atoms with Gasteiger partial charge < -0.3 is 21.1 Å². The van der Waals surface area contributed by atoms with Gasteiger partial charge in [0.25, 0.3) is 5.91 Å². The molecule has 8 nitrogen and oxygen atoms in total. The summed E-state index contributed by atoms with van der Waals surface area (Å²) in [4.78, 5) is 13.7. The van der Waals surface area contributed by atoms with Crippen molar-refractivity contribution in [2.45, 2.75) is 82.4 Å². The molecule has 40 heavy (non-hydrogen) atoms. The van der Waals surface area contributed by atoms with Crippen LogP contribution < -0.4 is 20.3 Å². The number of nitrogens with zero attached hydrogens (tertiary/aromatic N) is 1. The Kier molecular flexibility index (Phi) is 9.27. The maximum atomic E-state index is 13.7. The molecule has 3 saturated carbocycles. The average Bonchev–Trinajstić information content (AvgIpc) is 2.97. The van der Waals surface area contributed by atoms with Gasteiger partial charge in [0, 0.05) is 36.4 Å². The molecule has 2 atom stereocenters. The summed E-state index contributed by atoms with van der Waals surface area (Å²) < 4.78 is 23.1. The predicted molar refractivity (Wildman–Crippen MR) is 164 cm³/mol. The van der Waals surface area contributed by atoms with Gasteiger partial charge in [-0.3, -0.25) is 18.2 Å². The zero-order chi connectivity index (χ0) is 28.2. The van der Waals surface area contributed by atoms with Crippen molar-refractivity contribution in [3.63, 3.8) is 0 Å². The number of nitrogens with one attached hydrogen (secondary N) is 3. The number of hydrogen-bond donors (Lipinski definition) is 6. The fourth-order valence-electron chi connectivity index (χ4n) is 6.68. The van der Waals surface area contributed by atoms with Crippen LogP contribution in [-0.2, 0) is 6.42 Å². The summed E-state index contributed by atoms with van der Waals surface area (Å²) in [6.07, 6.45) is 8.66. The minimum Gasteiger partial charge on any atom is -0.390 e. The predicted octanol–water partition coefficient (Wildman–Crippen LogP) is 5.40. The molecule has 4 aliphatic rings. The summed E-state index contributed by atoms with van der Waals surface area (Å²) in [6, 6.07) is 14.9. The van der Waals surface area contributed by atoms with Gasteiger partial charge in [0.1, 0.15) is 0 Å². The normalized spacial score (nSPS) is 26.1. The van der Waals surface area contributed by atoms with E-state index in [1.807, 2.05) is 43.3 Å². The summed E-state index contributed by atoms with van der Waals surface area (Å²) in [6.45, 7) is 3.62. The van der Waals surface area contributed by atoms with E-state index in [1.165, 1.54) is 19.3 Å². The van der Waals surface area contributed by atoms with Gasteiger partial charge in [-0.2, -0.15) is 0 Å². The number of carbonyl (C=O) groups excluding carboxylic acids is 1. The second kappa shape index (κ2) is 12.7. The van der Waals surface area contributed by atoms with Crippen molar-refractivity contribution in [1.82, 2.24) is 10.6 Å². The molecule has 1 aliphatic heterocycles. The fourth-order valence-corrected chi connectivity index (χ4v) is 8.35. The van der Waals surface area contributed by atoms with E-state index in [1.54, 1.807) is 16.4 Å². The van der Waals surface area contributed by atoms with Crippen LogP contribution in [0.1, 0.15) is 74.2 Å². The van der Waals surface area contributed by atoms with Crippen LogP contribution in [0.3, 0.4) is 0 Å². The summed E-state index contributed by atoms with van der Waals surface area (Å²) in [7, 11) is -2.93. The maximum absolute atomic E-state index is 13.7. The Morgan fingerprint density at radius 3 is 2.48 bits per heavy atom. The van der Waals surface area contributed by atoms with Crippen LogP contribution in [0.4, 0.5) is 11.4 Å². The van der Waals surface area contributed by atoms with Gasteiger partial charge in [0.05, 0.1) is 23.6 Å². The summed E-state index contributed by atoms with van der Waals surface area (Å²) >= 11 is 0. The second-order valence-electron chi connectivity index (χ2n) is 11.9. The molecule has 3 aliphatic carbocycles. The zero-order valence-corrected chi connectivity index (χ0v) is 24.5. The third-order valence-corrected chi connectivity index (χ3v) is 11.0. The first-order valence-corrected chi connectivity index (χ1v) is 16.6. The number of fused-ring (bicyclic) bond motifs is 3. The largest absolute Gasteiger partial charge is 0.390 e. The average molecular weight is 571 g/mol. The van der Waals surface area contributed by atoms with Crippen LogP contribution in [0.25, 0.3) is 0 Å². The number of benzene rings is 2. The zero-order valence-electron chi connectivity index (χ0n) is 23.6. The number of β-amino-alcohol motifs (C(OH)–C–C–N with tert-alkyl or cyclic N) is 1. The van der Waals surface area contributed by atoms with E-state index < -0.39 is 22.9 Å². The standard InChI is InChI=1S/C31H46N4O4S/c1-2-32-26-19-25(20-27(21-26)35-16-6-7-17-40(35,38)39)30(37)34-28(18-24-8-4-3-5-9-24)29(36)22-33-31-13-10-23(11-14-31)12-15-31/h3-5,8-9,19-21,23,28-29,32-33,36,38-39H,2,6-7,10-18,22H2,1H3,(H,34,37)/t23?,28-,29+,31?/m0/s1. The first kappa shape index (κ1) is 29.2. The van der Waals surface area contributed by atoms with E-state index in [0.29, 0.717) is 43.1 Å². The highest BCUT2D eigenvalue weighted by Crippen LogP contribution is 2.50. The second-order valence-corrected chi connectivity index (χ2v) is 14.0. The van der Waals surface area contributed by atoms with Crippen molar-refractivity contribution in [3.8, 4) is 0 Å². The van der Waals surface area contributed by atoms with Crippen LogP contribution in [-0.4, -0.2) is 63.2 Å². The summed E-state index contributed by atoms with van der Waals surface area (Å²) in [5.41, 5.74) is 2.96. The Morgan fingerprint density at radius 2 is 1.80 bits per heavy atom. The monoisotopic (exact) mass is 570 g/mol. The Morgan fingerprint density at radius 1 is 1.07 bits per heavy atom. The van der Waals surface area contributed by atoms with Gasteiger partial charge >= 0.3 is 0 Å². The molecule has 6 N–H and O–H groups in total. The Balaban J connectivity index is 1.35. The number of anilines is 2. The molecular formula is C31H46N4O4S. The van der Waals surface area contributed by atoms with Crippen molar-refractivity contribution < 1.29 is 19.0 Å². The number of aliphatic hydroxyl groups is 1. The third kappa shape index (κ3) is 6.94. The molecule has 1 amide bonds. The minimum atomic E-state index is -2.93. The Labute approximate surface area is 240 Å². The number of rotatable bonds is 11. The maximum Gasteiger partial charge on any atom is 0.251 e. The third-order valence-electron chi connectivity index (χ3n) is 9.09. The van der Waals surface area contributed by atoms with Crippen LogP contribution in [0.2, 0.25) is 0 Å². The summed E-state index contributed by atoms with van der Waals surface area (Å²) in [5, 5.41) is 21.6. The number of amides is 1. The van der Waals surface area contributed by atoms with Crippen LogP contribution in [0.15, 0.2) is 48.5 Å². The minimum absolute atomic E-state index is 0.115. The van der Waals surface area contributed by atoms with Gasteiger partial charge in [-0.25, -0.2) is 0 Å². The number of aliphatic hydroxyl groups excluding tert-OH is 1. The van der Waals surface area contributed by atoms with Crippen molar-refractivity contribution in [2.24, 2.45) is 5.92 Å². The highest BCUT2D eigenvalue weighted by Gasteiger charge is 2.40. The fraction of sp³-hybridized carbons (Fsp3) is 0.581. The van der Waals surface area contributed by atoms with Crippen molar-refractivity contribution in [1.29, 1.82) is 0 Å². The first-order chi connectivity index (χ1) is 19.3. The van der Waals surface area contributed by atoms with Crippen LogP contribution >= 0.6 is 10.8 Å². The smallest absolute Gasteiger partial charge is 0.251 e. The first-order valence-electron chi connectivity index (χ1n) is 15.0. The van der Waals surface area contributed by atoms with Gasteiger partial charge in [-0.05, 0) is 94.4 Å². The van der Waals surface area contributed by atoms with E-state index in [9.17, 15) is 19.0 Å². The van der Waals surface area contributed by atoms with Gasteiger partial charge in [0.15, 0.2) is 0 Å². The number of hydrogen-bond acceptors (Lipinski definition) is 7. The lowest BCUT2D eigenvalue weighted by atomic mass is 9.66. The van der Waals surface area contributed by atoms with E-state index in [4.69, 9.17) is 0 Å². The van der Waals surface area contributed by atoms with Crippen LogP contribution in [0.5, 0.6) is 0 Å². The Bertz CT molecular complexity index is 1130. The van der Waals surface area contributed by atoms with E-state index >= 15 is 0 Å². The van der Waals surface area contributed by atoms with Gasteiger partial charge in [0.2, 0.25) is 0 Å². The van der Waals surface area contributed by atoms with E-state index in [2.05, 4.69) is 16.0 Å².